The van der Waals surface area contributed by atoms with E-state index in [0.29, 0.717) is 17.4 Å². The average Bonchev–Trinajstić information content (AvgIpc) is 2.75. The summed E-state index contributed by atoms with van der Waals surface area (Å²) >= 11 is 6.27. The van der Waals surface area contributed by atoms with Crippen LogP contribution in [0, 0.1) is 0 Å². The summed E-state index contributed by atoms with van der Waals surface area (Å²) in [5, 5.41) is 6.58. The standard InChI is InChI=1S/C16H23ClN2O2/c1-3-5-6-7-8-21-14-10-13-11(9-12(14)17)15(18-4-2)16(20)19-13/h9-10,15,18H,3-8H2,1-2H3,(H,19,20). The normalized spacial score (nSPS) is 16.7. The number of unbranched alkanes of at least 4 members (excludes halogenated alkanes) is 3. The zero-order valence-electron chi connectivity index (χ0n) is 12.7. The highest BCUT2D eigenvalue weighted by atomic mass is 35.5. The number of fused-ring (bicyclic) bond motifs is 1. The number of anilines is 1. The smallest absolute Gasteiger partial charge is 0.246 e. The van der Waals surface area contributed by atoms with Crippen LogP contribution < -0.4 is 15.4 Å². The van der Waals surface area contributed by atoms with Crippen LogP contribution in [-0.4, -0.2) is 19.1 Å². The van der Waals surface area contributed by atoms with E-state index in [-0.39, 0.29) is 11.9 Å². The summed E-state index contributed by atoms with van der Waals surface area (Å²) in [6.45, 7) is 5.54. The zero-order valence-corrected chi connectivity index (χ0v) is 13.4. The molecule has 1 aromatic carbocycles. The molecule has 0 spiro atoms. The molecule has 2 N–H and O–H groups in total. The van der Waals surface area contributed by atoms with Crippen molar-refractivity contribution in [3.63, 3.8) is 0 Å². The van der Waals surface area contributed by atoms with Crippen molar-refractivity contribution >= 4 is 23.2 Å². The number of likely N-dealkylation sites (N-methyl/N-ethyl adjacent to an activating group) is 1. The molecule has 1 aromatic rings. The van der Waals surface area contributed by atoms with Crippen molar-refractivity contribution in [1.29, 1.82) is 0 Å². The average molecular weight is 311 g/mol. The molecule has 0 aliphatic carbocycles. The van der Waals surface area contributed by atoms with Crippen molar-refractivity contribution in [2.75, 3.05) is 18.5 Å². The van der Waals surface area contributed by atoms with Crippen LogP contribution in [-0.2, 0) is 4.79 Å². The predicted molar refractivity (Wildman–Crippen MR) is 86.1 cm³/mol. The lowest BCUT2D eigenvalue weighted by Gasteiger charge is -2.12. The molecule has 0 bridgehead atoms. The van der Waals surface area contributed by atoms with E-state index in [4.69, 9.17) is 16.3 Å². The van der Waals surface area contributed by atoms with Gasteiger partial charge in [0, 0.05) is 17.3 Å². The van der Waals surface area contributed by atoms with Gasteiger partial charge in [-0.3, -0.25) is 4.79 Å². The number of hydrogen-bond acceptors (Lipinski definition) is 3. The van der Waals surface area contributed by atoms with Crippen molar-refractivity contribution < 1.29 is 9.53 Å². The Balaban J connectivity index is 2.03. The minimum Gasteiger partial charge on any atom is -0.492 e. The highest BCUT2D eigenvalue weighted by Crippen LogP contribution is 2.38. The summed E-state index contributed by atoms with van der Waals surface area (Å²) in [6.07, 6.45) is 4.62. The Morgan fingerprint density at radius 3 is 2.81 bits per heavy atom. The van der Waals surface area contributed by atoms with Crippen molar-refractivity contribution in [2.45, 2.75) is 45.6 Å². The molecule has 1 aliphatic heterocycles. The molecule has 0 aromatic heterocycles. The van der Waals surface area contributed by atoms with E-state index in [1.54, 1.807) is 0 Å². The second-order valence-corrected chi connectivity index (χ2v) is 5.67. The quantitative estimate of drug-likeness (QED) is 0.716. The number of amides is 1. The van der Waals surface area contributed by atoms with Crippen LogP contribution in [0.3, 0.4) is 0 Å². The minimum atomic E-state index is -0.318. The number of benzene rings is 1. The van der Waals surface area contributed by atoms with E-state index in [2.05, 4.69) is 17.6 Å². The van der Waals surface area contributed by atoms with Crippen LogP contribution in [0.1, 0.15) is 51.1 Å². The second-order valence-electron chi connectivity index (χ2n) is 5.26. The number of rotatable bonds is 8. The van der Waals surface area contributed by atoms with E-state index < -0.39 is 0 Å². The number of hydrogen-bond donors (Lipinski definition) is 2. The van der Waals surface area contributed by atoms with Crippen molar-refractivity contribution in [3.8, 4) is 5.75 Å². The maximum absolute atomic E-state index is 11.9. The van der Waals surface area contributed by atoms with E-state index in [9.17, 15) is 4.79 Å². The fraction of sp³-hybridized carbons (Fsp3) is 0.562. The van der Waals surface area contributed by atoms with Gasteiger partial charge < -0.3 is 15.4 Å². The first-order chi connectivity index (χ1) is 10.2. The second kappa shape index (κ2) is 7.66. The lowest BCUT2D eigenvalue weighted by atomic mass is 10.1. The molecule has 1 unspecified atom stereocenters. The Hall–Kier alpha value is -1.26. The number of halogens is 1. The molecule has 5 heteroatoms. The highest BCUT2D eigenvalue weighted by Gasteiger charge is 2.30. The maximum Gasteiger partial charge on any atom is 0.246 e. The van der Waals surface area contributed by atoms with Crippen molar-refractivity contribution in [3.05, 3.63) is 22.7 Å². The Morgan fingerprint density at radius 2 is 2.10 bits per heavy atom. The van der Waals surface area contributed by atoms with Crippen LogP contribution in [0.25, 0.3) is 0 Å². The predicted octanol–water partition coefficient (Wildman–Crippen LogP) is 3.90. The molecule has 116 valence electrons. The summed E-state index contributed by atoms with van der Waals surface area (Å²) in [5.41, 5.74) is 1.68. The van der Waals surface area contributed by atoms with Gasteiger partial charge in [-0.1, -0.05) is 44.7 Å². The first-order valence-corrected chi connectivity index (χ1v) is 8.05. The van der Waals surface area contributed by atoms with Gasteiger partial charge in [0.25, 0.3) is 0 Å². The molecule has 1 atom stereocenters. The minimum absolute atomic E-state index is 0.0389. The Bertz CT molecular complexity index is 505. The van der Waals surface area contributed by atoms with Crippen molar-refractivity contribution in [2.24, 2.45) is 0 Å². The molecule has 0 saturated heterocycles. The molecule has 1 aliphatic rings. The van der Waals surface area contributed by atoms with Gasteiger partial charge in [0.05, 0.1) is 11.6 Å². The van der Waals surface area contributed by atoms with Gasteiger partial charge in [0.1, 0.15) is 11.8 Å². The van der Waals surface area contributed by atoms with Gasteiger partial charge in [0.2, 0.25) is 5.91 Å². The monoisotopic (exact) mass is 310 g/mol. The highest BCUT2D eigenvalue weighted by molar-refractivity contribution is 6.32. The molecular weight excluding hydrogens is 288 g/mol. The number of carbonyl (C=O) groups excluding carboxylic acids is 1. The lowest BCUT2D eigenvalue weighted by Crippen LogP contribution is -2.27. The fourth-order valence-corrected chi connectivity index (χ4v) is 2.72. The third-order valence-electron chi connectivity index (χ3n) is 3.60. The van der Waals surface area contributed by atoms with Crippen LogP contribution >= 0.6 is 11.6 Å². The van der Waals surface area contributed by atoms with Gasteiger partial charge >= 0.3 is 0 Å². The third-order valence-corrected chi connectivity index (χ3v) is 3.89. The molecule has 2 rings (SSSR count). The van der Waals surface area contributed by atoms with E-state index in [1.165, 1.54) is 12.8 Å². The summed E-state index contributed by atoms with van der Waals surface area (Å²) in [6, 6.07) is 3.33. The van der Waals surface area contributed by atoms with Crippen LogP contribution in [0.2, 0.25) is 5.02 Å². The van der Waals surface area contributed by atoms with Crippen LogP contribution in [0.5, 0.6) is 5.75 Å². The number of carbonyl (C=O) groups is 1. The molecule has 0 radical (unpaired) electrons. The molecular formula is C16H23ClN2O2. The first-order valence-electron chi connectivity index (χ1n) is 7.67. The van der Waals surface area contributed by atoms with Gasteiger partial charge in [-0.05, 0) is 19.0 Å². The number of nitrogens with one attached hydrogen (secondary N) is 2. The molecule has 0 saturated carbocycles. The summed E-state index contributed by atoms with van der Waals surface area (Å²) in [4.78, 5) is 11.9. The largest absolute Gasteiger partial charge is 0.492 e. The first kappa shape index (κ1) is 16.1. The summed E-state index contributed by atoms with van der Waals surface area (Å²) < 4.78 is 5.74. The SMILES string of the molecule is CCCCCCOc1cc2c(cc1Cl)C(NCC)C(=O)N2. The molecule has 1 amide bonds. The van der Waals surface area contributed by atoms with Gasteiger partial charge in [0.15, 0.2) is 0 Å². The zero-order chi connectivity index (χ0) is 15.2. The lowest BCUT2D eigenvalue weighted by molar-refractivity contribution is -0.117. The fourth-order valence-electron chi connectivity index (χ4n) is 2.49. The maximum atomic E-state index is 11.9. The van der Waals surface area contributed by atoms with Crippen molar-refractivity contribution in [1.82, 2.24) is 5.32 Å². The number of ether oxygens (including phenoxy) is 1. The molecule has 0 fully saturated rings. The molecule has 4 nitrogen and oxygen atoms in total. The van der Waals surface area contributed by atoms with Gasteiger partial charge in [-0.25, -0.2) is 0 Å². The Morgan fingerprint density at radius 1 is 1.29 bits per heavy atom. The van der Waals surface area contributed by atoms with Crippen LogP contribution in [0.15, 0.2) is 12.1 Å². The Labute approximate surface area is 131 Å². The Kier molecular flexibility index (Phi) is 5.88. The van der Waals surface area contributed by atoms with E-state index in [0.717, 1.165) is 30.6 Å². The van der Waals surface area contributed by atoms with Gasteiger partial charge in [-0.15, -0.1) is 0 Å². The van der Waals surface area contributed by atoms with E-state index in [1.807, 2.05) is 19.1 Å². The molecule has 1 heterocycles. The van der Waals surface area contributed by atoms with Crippen LogP contribution in [0.4, 0.5) is 5.69 Å². The van der Waals surface area contributed by atoms with Gasteiger partial charge in [-0.2, -0.15) is 0 Å². The summed E-state index contributed by atoms with van der Waals surface area (Å²) in [5.74, 6) is 0.604. The topological polar surface area (TPSA) is 50.4 Å². The molecule has 21 heavy (non-hydrogen) atoms. The van der Waals surface area contributed by atoms with E-state index >= 15 is 0 Å². The summed E-state index contributed by atoms with van der Waals surface area (Å²) in [7, 11) is 0. The third kappa shape index (κ3) is 3.89.